The highest BCUT2D eigenvalue weighted by atomic mass is 32.1. The van der Waals surface area contributed by atoms with Crippen molar-refractivity contribution in [2.75, 3.05) is 0 Å². The maximum absolute atomic E-state index is 9.22. The van der Waals surface area contributed by atoms with Gasteiger partial charge < -0.3 is 5.11 Å². The van der Waals surface area contributed by atoms with Gasteiger partial charge in [0.05, 0.1) is 6.10 Å². The highest BCUT2D eigenvalue weighted by Gasteiger charge is 2.08. The molecule has 0 aliphatic carbocycles. The van der Waals surface area contributed by atoms with Gasteiger partial charge in [-0.05, 0) is 41.7 Å². The first-order chi connectivity index (χ1) is 5.20. The molecule has 0 aromatic carbocycles. The SMILES string of the molecule is CC(O)C(C)Cc1ccsc1. The Morgan fingerprint density at radius 3 is 2.73 bits per heavy atom. The molecule has 0 fully saturated rings. The van der Waals surface area contributed by atoms with Gasteiger partial charge in [-0.15, -0.1) is 0 Å². The molecule has 0 radical (unpaired) electrons. The van der Waals surface area contributed by atoms with E-state index in [2.05, 4.69) is 23.8 Å². The Balaban J connectivity index is 2.43. The number of aliphatic hydroxyl groups is 1. The third kappa shape index (κ3) is 2.64. The number of thiophene rings is 1. The molecule has 1 rings (SSSR count). The molecule has 2 heteroatoms. The van der Waals surface area contributed by atoms with Gasteiger partial charge >= 0.3 is 0 Å². The van der Waals surface area contributed by atoms with E-state index in [9.17, 15) is 5.11 Å². The molecule has 0 spiro atoms. The van der Waals surface area contributed by atoms with Gasteiger partial charge in [-0.25, -0.2) is 0 Å². The first-order valence-corrected chi connectivity index (χ1v) is 4.83. The summed E-state index contributed by atoms with van der Waals surface area (Å²) >= 11 is 1.71. The molecule has 0 saturated carbocycles. The van der Waals surface area contributed by atoms with Crippen LogP contribution >= 0.6 is 11.3 Å². The van der Waals surface area contributed by atoms with Crippen LogP contribution in [-0.4, -0.2) is 11.2 Å². The van der Waals surface area contributed by atoms with E-state index in [0.29, 0.717) is 5.92 Å². The summed E-state index contributed by atoms with van der Waals surface area (Å²) in [5.74, 6) is 0.365. The Morgan fingerprint density at radius 1 is 1.55 bits per heavy atom. The van der Waals surface area contributed by atoms with Crippen molar-refractivity contribution < 1.29 is 5.11 Å². The van der Waals surface area contributed by atoms with Gasteiger partial charge in [0.25, 0.3) is 0 Å². The fourth-order valence-corrected chi connectivity index (χ4v) is 1.63. The zero-order valence-corrected chi connectivity index (χ0v) is 7.77. The number of hydrogen-bond donors (Lipinski definition) is 1. The minimum Gasteiger partial charge on any atom is -0.393 e. The van der Waals surface area contributed by atoms with E-state index in [1.54, 1.807) is 11.3 Å². The van der Waals surface area contributed by atoms with E-state index < -0.39 is 0 Å². The topological polar surface area (TPSA) is 20.2 Å². The summed E-state index contributed by atoms with van der Waals surface area (Å²) in [7, 11) is 0. The average Bonchev–Trinajstić information content (AvgIpc) is 2.39. The summed E-state index contributed by atoms with van der Waals surface area (Å²) in [6.45, 7) is 3.92. The first kappa shape index (κ1) is 8.75. The van der Waals surface area contributed by atoms with E-state index in [4.69, 9.17) is 0 Å². The largest absolute Gasteiger partial charge is 0.393 e. The number of rotatable bonds is 3. The first-order valence-electron chi connectivity index (χ1n) is 3.89. The predicted molar refractivity (Wildman–Crippen MR) is 48.9 cm³/mol. The smallest absolute Gasteiger partial charge is 0.0540 e. The van der Waals surface area contributed by atoms with Crippen molar-refractivity contribution in [3.05, 3.63) is 22.4 Å². The van der Waals surface area contributed by atoms with E-state index in [-0.39, 0.29) is 6.10 Å². The highest BCUT2D eigenvalue weighted by Crippen LogP contribution is 2.14. The molecule has 0 saturated heterocycles. The lowest BCUT2D eigenvalue weighted by molar-refractivity contribution is 0.135. The lowest BCUT2D eigenvalue weighted by Gasteiger charge is -2.12. The van der Waals surface area contributed by atoms with Crippen LogP contribution in [0.15, 0.2) is 16.8 Å². The molecule has 62 valence electrons. The van der Waals surface area contributed by atoms with Crippen molar-refractivity contribution in [2.24, 2.45) is 5.92 Å². The normalized spacial score (nSPS) is 16.3. The summed E-state index contributed by atoms with van der Waals surface area (Å²) in [5, 5.41) is 13.4. The molecule has 0 bridgehead atoms. The molecule has 1 N–H and O–H groups in total. The molecule has 1 aromatic rings. The highest BCUT2D eigenvalue weighted by molar-refractivity contribution is 7.07. The van der Waals surface area contributed by atoms with Gasteiger partial charge in [0, 0.05) is 0 Å². The van der Waals surface area contributed by atoms with Crippen molar-refractivity contribution in [1.82, 2.24) is 0 Å². The molecule has 0 amide bonds. The summed E-state index contributed by atoms with van der Waals surface area (Å²) < 4.78 is 0. The third-order valence-electron chi connectivity index (χ3n) is 1.96. The Morgan fingerprint density at radius 2 is 2.27 bits per heavy atom. The number of hydrogen-bond acceptors (Lipinski definition) is 2. The van der Waals surface area contributed by atoms with Crippen molar-refractivity contribution in [2.45, 2.75) is 26.4 Å². The van der Waals surface area contributed by atoms with Crippen LogP contribution in [0, 0.1) is 5.92 Å². The Kier molecular flexibility index (Phi) is 3.09. The van der Waals surface area contributed by atoms with E-state index in [0.717, 1.165) is 6.42 Å². The van der Waals surface area contributed by atoms with Gasteiger partial charge in [-0.3, -0.25) is 0 Å². The van der Waals surface area contributed by atoms with Crippen LogP contribution < -0.4 is 0 Å². The molecule has 1 heterocycles. The lowest BCUT2D eigenvalue weighted by Crippen LogP contribution is -2.14. The fourth-order valence-electron chi connectivity index (χ4n) is 0.951. The van der Waals surface area contributed by atoms with Gasteiger partial charge in [0.2, 0.25) is 0 Å². The second-order valence-corrected chi connectivity index (χ2v) is 3.83. The van der Waals surface area contributed by atoms with Crippen LogP contribution in [0.2, 0.25) is 0 Å². The van der Waals surface area contributed by atoms with Gasteiger partial charge in [0.1, 0.15) is 0 Å². The van der Waals surface area contributed by atoms with E-state index in [1.165, 1.54) is 5.56 Å². The third-order valence-corrected chi connectivity index (χ3v) is 2.69. The number of aliphatic hydroxyl groups excluding tert-OH is 1. The van der Waals surface area contributed by atoms with Crippen LogP contribution in [0.25, 0.3) is 0 Å². The van der Waals surface area contributed by atoms with Crippen molar-refractivity contribution in [3.8, 4) is 0 Å². The van der Waals surface area contributed by atoms with Crippen molar-refractivity contribution >= 4 is 11.3 Å². The summed E-state index contributed by atoms with van der Waals surface area (Å²) in [6, 6.07) is 2.11. The predicted octanol–water partition coefficient (Wildman–Crippen LogP) is 2.31. The molecule has 2 unspecified atom stereocenters. The van der Waals surface area contributed by atoms with Crippen LogP contribution in [0.1, 0.15) is 19.4 Å². The second-order valence-electron chi connectivity index (χ2n) is 3.05. The van der Waals surface area contributed by atoms with Crippen LogP contribution in [0.4, 0.5) is 0 Å². The van der Waals surface area contributed by atoms with Gasteiger partial charge in [0.15, 0.2) is 0 Å². The molecule has 1 aromatic heterocycles. The van der Waals surface area contributed by atoms with E-state index in [1.807, 2.05) is 6.92 Å². The van der Waals surface area contributed by atoms with Crippen LogP contribution in [-0.2, 0) is 6.42 Å². The fraction of sp³-hybridized carbons (Fsp3) is 0.556. The summed E-state index contributed by atoms with van der Waals surface area (Å²) in [5.41, 5.74) is 1.34. The van der Waals surface area contributed by atoms with Crippen LogP contribution in [0.5, 0.6) is 0 Å². The Hall–Kier alpha value is -0.340. The van der Waals surface area contributed by atoms with Crippen LogP contribution in [0.3, 0.4) is 0 Å². The molecular formula is C9H14OS. The van der Waals surface area contributed by atoms with E-state index >= 15 is 0 Å². The minimum absolute atomic E-state index is 0.199. The quantitative estimate of drug-likeness (QED) is 0.738. The zero-order valence-electron chi connectivity index (χ0n) is 6.95. The summed E-state index contributed by atoms with van der Waals surface area (Å²) in [4.78, 5) is 0. The monoisotopic (exact) mass is 170 g/mol. The van der Waals surface area contributed by atoms with Gasteiger partial charge in [-0.2, -0.15) is 11.3 Å². The maximum Gasteiger partial charge on any atom is 0.0540 e. The molecule has 11 heavy (non-hydrogen) atoms. The standard InChI is InChI=1S/C9H14OS/c1-7(8(2)10)5-9-3-4-11-6-9/h3-4,6-8,10H,5H2,1-2H3. The summed E-state index contributed by atoms with van der Waals surface area (Å²) in [6.07, 6.45) is 0.788. The average molecular weight is 170 g/mol. The van der Waals surface area contributed by atoms with Crippen molar-refractivity contribution in [1.29, 1.82) is 0 Å². The molecule has 2 atom stereocenters. The zero-order chi connectivity index (χ0) is 8.27. The Labute approximate surface area is 71.7 Å². The maximum atomic E-state index is 9.22. The molecular weight excluding hydrogens is 156 g/mol. The second kappa shape index (κ2) is 3.88. The lowest BCUT2D eigenvalue weighted by atomic mass is 9.99. The molecule has 0 aliphatic rings. The Bertz CT molecular complexity index is 191. The molecule has 1 nitrogen and oxygen atoms in total. The molecule has 0 aliphatic heterocycles. The van der Waals surface area contributed by atoms with Gasteiger partial charge in [-0.1, -0.05) is 6.92 Å². The minimum atomic E-state index is -0.199. The van der Waals surface area contributed by atoms with Crippen molar-refractivity contribution in [3.63, 3.8) is 0 Å².